The van der Waals surface area contributed by atoms with Crippen molar-refractivity contribution in [3.63, 3.8) is 0 Å². The van der Waals surface area contributed by atoms with Gasteiger partial charge in [-0.05, 0) is 61.8 Å². The summed E-state index contributed by atoms with van der Waals surface area (Å²) in [5.41, 5.74) is 2.93. The van der Waals surface area contributed by atoms with E-state index in [-0.39, 0.29) is 11.8 Å². The van der Waals surface area contributed by atoms with Crippen LogP contribution in [0.3, 0.4) is 0 Å². The minimum atomic E-state index is 0.0861. The molecule has 0 bridgehead atoms. The summed E-state index contributed by atoms with van der Waals surface area (Å²) in [4.78, 5) is 12.5. The molecule has 1 aromatic carbocycles. The maximum Gasteiger partial charge on any atom is 0.224 e. The summed E-state index contributed by atoms with van der Waals surface area (Å²) in [5.74, 6) is 1.71. The molecule has 2 fully saturated rings. The molecule has 4 heteroatoms. The summed E-state index contributed by atoms with van der Waals surface area (Å²) < 4.78 is 6.06. The predicted octanol–water partition coefficient (Wildman–Crippen LogP) is 2.84. The molecule has 0 aromatic heterocycles. The van der Waals surface area contributed by atoms with Crippen molar-refractivity contribution < 1.29 is 9.53 Å². The molecule has 4 nitrogen and oxygen atoms in total. The summed E-state index contributed by atoms with van der Waals surface area (Å²) in [7, 11) is 0. The molecule has 1 saturated heterocycles. The van der Waals surface area contributed by atoms with Gasteiger partial charge in [0.2, 0.25) is 5.91 Å². The second-order valence-electron chi connectivity index (χ2n) is 8.04. The van der Waals surface area contributed by atoms with E-state index in [0.29, 0.717) is 18.6 Å². The van der Waals surface area contributed by atoms with E-state index < -0.39 is 0 Å². The molecular weight excluding hydrogens is 312 g/mol. The Morgan fingerprint density at radius 3 is 2.84 bits per heavy atom. The minimum absolute atomic E-state index is 0.0861. The molecule has 4 rings (SSSR count). The number of rotatable bonds is 5. The lowest BCUT2D eigenvalue weighted by molar-refractivity contribution is -0.126. The van der Waals surface area contributed by atoms with Gasteiger partial charge in [-0.2, -0.15) is 0 Å². The van der Waals surface area contributed by atoms with Gasteiger partial charge in [-0.3, -0.25) is 4.79 Å². The fraction of sp³-hybridized carbons (Fsp3) is 0.667. The zero-order valence-electron chi connectivity index (χ0n) is 15.1. The highest BCUT2D eigenvalue weighted by Gasteiger charge is 2.29. The summed E-state index contributed by atoms with van der Waals surface area (Å²) in [6.45, 7) is 2.44. The van der Waals surface area contributed by atoms with Crippen LogP contribution in [-0.4, -0.2) is 31.6 Å². The van der Waals surface area contributed by atoms with Crippen LogP contribution in [0.4, 0.5) is 0 Å². The Kier molecular flexibility index (Phi) is 5.25. The topological polar surface area (TPSA) is 50.4 Å². The molecule has 1 aliphatic heterocycles. The molecule has 0 spiro atoms. The molecule has 1 heterocycles. The van der Waals surface area contributed by atoms with Crippen LogP contribution >= 0.6 is 0 Å². The Morgan fingerprint density at radius 1 is 1.12 bits per heavy atom. The molecule has 2 aliphatic carbocycles. The van der Waals surface area contributed by atoms with Gasteiger partial charge in [-0.15, -0.1) is 0 Å². The van der Waals surface area contributed by atoms with E-state index in [2.05, 4.69) is 28.8 Å². The van der Waals surface area contributed by atoms with Crippen molar-refractivity contribution in [3.8, 4) is 5.75 Å². The van der Waals surface area contributed by atoms with Gasteiger partial charge in [0.1, 0.15) is 5.75 Å². The third kappa shape index (κ3) is 4.17. The summed E-state index contributed by atoms with van der Waals surface area (Å²) in [6.07, 6.45) is 9.39. The molecule has 0 radical (unpaired) electrons. The highest BCUT2D eigenvalue weighted by Crippen LogP contribution is 2.27. The lowest BCUT2D eigenvalue weighted by Crippen LogP contribution is -2.47. The van der Waals surface area contributed by atoms with Gasteiger partial charge in [0, 0.05) is 25.0 Å². The van der Waals surface area contributed by atoms with Gasteiger partial charge in [-0.1, -0.05) is 18.9 Å². The number of aryl methyl sites for hydroxylation is 2. The van der Waals surface area contributed by atoms with Gasteiger partial charge >= 0.3 is 0 Å². The zero-order chi connectivity index (χ0) is 17.1. The van der Waals surface area contributed by atoms with Crippen molar-refractivity contribution in [2.75, 3.05) is 19.7 Å². The Balaban J connectivity index is 1.27. The zero-order valence-corrected chi connectivity index (χ0v) is 15.1. The van der Waals surface area contributed by atoms with Crippen LogP contribution in [0.5, 0.6) is 5.75 Å². The lowest BCUT2D eigenvalue weighted by atomic mass is 9.90. The molecule has 3 aliphatic rings. The number of carbonyl (C=O) groups is 1. The summed E-state index contributed by atoms with van der Waals surface area (Å²) in [6, 6.07) is 6.94. The van der Waals surface area contributed by atoms with E-state index in [9.17, 15) is 4.79 Å². The van der Waals surface area contributed by atoms with Crippen molar-refractivity contribution in [1.82, 2.24) is 10.6 Å². The van der Waals surface area contributed by atoms with Crippen LogP contribution in [0.15, 0.2) is 18.2 Å². The normalized spacial score (nSPS) is 26.4. The SMILES string of the molecule is O=C(NC1CCCC1)[C@H]1CNC[C@@H](COc2ccc3c(c2)CCC3)C1. The Morgan fingerprint density at radius 2 is 1.96 bits per heavy atom. The fourth-order valence-corrected chi connectivity index (χ4v) is 4.60. The minimum Gasteiger partial charge on any atom is -0.493 e. The van der Waals surface area contributed by atoms with Crippen LogP contribution in [0, 0.1) is 11.8 Å². The monoisotopic (exact) mass is 342 g/mol. The summed E-state index contributed by atoms with van der Waals surface area (Å²) >= 11 is 0. The van der Waals surface area contributed by atoms with Crippen LogP contribution in [-0.2, 0) is 17.6 Å². The highest BCUT2D eigenvalue weighted by atomic mass is 16.5. The molecule has 1 saturated carbocycles. The number of fused-ring (bicyclic) bond motifs is 1. The number of nitrogens with one attached hydrogen (secondary N) is 2. The third-order valence-electron chi connectivity index (χ3n) is 6.07. The molecule has 136 valence electrons. The van der Waals surface area contributed by atoms with Gasteiger partial charge in [-0.25, -0.2) is 0 Å². The van der Waals surface area contributed by atoms with Crippen LogP contribution in [0.25, 0.3) is 0 Å². The van der Waals surface area contributed by atoms with Gasteiger partial charge in [0.05, 0.1) is 12.5 Å². The summed E-state index contributed by atoms with van der Waals surface area (Å²) in [5, 5.41) is 6.68. The first-order chi connectivity index (χ1) is 12.3. The van der Waals surface area contributed by atoms with Crippen molar-refractivity contribution in [2.45, 2.75) is 57.4 Å². The van der Waals surface area contributed by atoms with Crippen LogP contribution in [0.1, 0.15) is 49.7 Å². The predicted molar refractivity (Wildman–Crippen MR) is 98.8 cm³/mol. The quantitative estimate of drug-likeness (QED) is 0.865. The second-order valence-corrected chi connectivity index (χ2v) is 8.04. The highest BCUT2D eigenvalue weighted by molar-refractivity contribution is 5.79. The van der Waals surface area contributed by atoms with Gasteiger partial charge in [0.15, 0.2) is 0 Å². The Labute approximate surface area is 150 Å². The Hall–Kier alpha value is -1.55. The first kappa shape index (κ1) is 16.9. The number of carbonyl (C=O) groups excluding carboxylic acids is 1. The lowest BCUT2D eigenvalue weighted by Gasteiger charge is -2.30. The number of ether oxygens (including phenoxy) is 1. The first-order valence-corrected chi connectivity index (χ1v) is 10.0. The average molecular weight is 342 g/mol. The van der Waals surface area contributed by atoms with E-state index in [1.54, 1.807) is 0 Å². The van der Waals surface area contributed by atoms with Crippen molar-refractivity contribution in [2.24, 2.45) is 11.8 Å². The van der Waals surface area contributed by atoms with Crippen LogP contribution < -0.4 is 15.4 Å². The van der Waals surface area contributed by atoms with Crippen molar-refractivity contribution >= 4 is 5.91 Å². The van der Waals surface area contributed by atoms with Crippen molar-refractivity contribution in [1.29, 1.82) is 0 Å². The molecule has 1 amide bonds. The standard InChI is InChI=1S/C21H30N2O2/c24-21(23-19-6-1-2-7-19)18-10-15(12-22-13-18)14-25-20-9-8-16-4-3-5-17(16)11-20/h8-9,11,15,18-19,22H,1-7,10,12-14H2,(H,23,24)/t15-,18+/m0/s1. The first-order valence-electron chi connectivity index (χ1n) is 10.0. The number of amides is 1. The fourth-order valence-electron chi connectivity index (χ4n) is 4.60. The maximum atomic E-state index is 12.5. The average Bonchev–Trinajstić information content (AvgIpc) is 3.31. The molecular formula is C21H30N2O2. The largest absolute Gasteiger partial charge is 0.493 e. The third-order valence-corrected chi connectivity index (χ3v) is 6.07. The molecule has 25 heavy (non-hydrogen) atoms. The van der Waals surface area contributed by atoms with E-state index in [0.717, 1.165) is 38.1 Å². The van der Waals surface area contributed by atoms with E-state index >= 15 is 0 Å². The number of piperidine rings is 1. The molecule has 0 unspecified atom stereocenters. The smallest absolute Gasteiger partial charge is 0.224 e. The maximum absolute atomic E-state index is 12.5. The van der Waals surface area contributed by atoms with E-state index in [4.69, 9.17) is 4.74 Å². The van der Waals surface area contributed by atoms with Gasteiger partial charge < -0.3 is 15.4 Å². The number of benzene rings is 1. The van der Waals surface area contributed by atoms with E-state index in [1.165, 1.54) is 43.2 Å². The number of hydrogen-bond acceptors (Lipinski definition) is 3. The molecule has 2 N–H and O–H groups in total. The number of hydrogen-bond donors (Lipinski definition) is 2. The van der Waals surface area contributed by atoms with Gasteiger partial charge in [0.25, 0.3) is 0 Å². The second kappa shape index (κ2) is 7.77. The molecule has 1 aromatic rings. The van der Waals surface area contributed by atoms with Crippen molar-refractivity contribution in [3.05, 3.63) is 29.3 Å². The van der Waals surface area contributed by atoms with Crippen LogP contribution in [0.2, 0.25) is 0 Å². The Bertz CT molecular complexity index is 610. The molecule has 2 atom stereocenters. The van der Waals surface area contributed by atoms with E-state index in [1.807, 2.05) is 0 Å².